The summed E-state index contributed by atoms with van der Waals surface area (Å²) in [6.45, 7) is 4.52. The van der Waals surface area contributed by atoms with Gasteiger partial charge in [0.05, 0.1) is 46.8 Å². The Morgan fingerprint density at radius 2 is 1.36 bits per heavy atom. The summed E-state index contributed by atoms with van der Waals surface area (Å²) in [4.78, 5) is 76.0. The molecule has 87 heavy (non-hydrogen) atoms. The molecule has 1 unspecified atom stereocenters. The number of rotatable bonds is 32. The van der Waals surface area contributed by atoms with Crippen LogP contribution in [-0.2, 0) is 53.6 Å². The number of fused-ring (bicyclic) bond motifs is 1. The lowest BCUT2D eigenvalue weighted by Gasteiger charge is -2.30. The zero-order chi connectivity index (χ0) is 62.3. The number of amides is 5. The Hall–Kier alpha value is -7.77. The fourth-order valence-corrected chi connectivity index (χ4v) is 15.8. The number of aliphatic hydroxyl groups excluding tert-OH is 1. The van der Waals surface area contributed by atoms with Crippen molar-refractivity contribution in [1.82, 2.24) is 45.9 Å². The lowest BCUT2D eigenvalue weighted by molar-refractivity contribution is -0.129. The number of aliphatic hydroxyl groups is 1. The number of benzene rings is 5. The average molecular weight is 1250 g/mol. The molecular formula is C63H75N9O12S3. The summed E-state index contributed by atoms with van der Waals surface area (Å²) in [6.07, 6.45) is 4.94. The molecule has 462 valence electrons. The topological polar surface area (TPSA) is 305 Å². The molecule has 0 bridgehead atoms. The molecule has 2 saturated heterocycles. The molecular weight excluding hydrogens is 1170 g/mol. The van der Waals surface area contributed by atoms with Crippen molar-refractivity contribution < 1.29 is 55.8 Å². The number of hydrogen-bond donors (Lipinski definition) is 7. The molecule has 6 aromatic rings. The van der Waals surface area contributed by atoms with Gasteiger partial charge in [0.25, 0.3) is 0 Å². The third-order valence-corrected chi connectivity index (χ3v) is 20.6. The number of aromatic hydroxyl groups is 1. The minimum absolute atomic E-state index is 0.00851. The van der Waals surface area contributed by atoms with E-state index in [1.54, 1.807) is 74.5 Å². The normalized spacial score (nSPS) is 16.8. The fourth-order valence-electron chi connectivity index (χ4n) is 10.6. The van der Waals surface area contributed by atoms with E-state index < -0.39 is 60.3 Å². The Bertz CT molecular complexity index is 3590. The van der Waals surface area contributed by atoms with Crippen LogP contribution in [0.5, 0.6) is 5.75 Å². The van der Waals surface area contributed by atoms with E-state index in [4.69, 9.17) is 0 Å². The zero-order valence-corrected chi connectivity index (χ0v) is 51.3. The molecule has 3 heterocycles. The summed E-state index contributed by atoms with van der Waals surface area (Å²) >= 11 is 1.85. The molecule has 24 heteroatoms. The summed E-state index contributed by atoms with van der Waals surface area (Å²) in [5.74, 6) is -0.826. The van der Waals surface area contributed by atoms with Crippen LogP contribution >= 0.6 is 11.8 Å². The van der Waals surface area contributed by atoms with E-state index in [-0.39, 0.29) is 102 Å². The molecule has 21 nitrogen and oxygen atoms in total. The smallest absolute Gasteiger partial charge is 0.315 e. The van der Waals surface area contributed by atoms with Crippen LogP contribution in [0.3, 0.4) is 0 Å². The van der Waals surface area contributed by atoms with Gasteiger partial charge in [-0.25, -0.2) is 26.3 Å². The van der Waals surface area contributed by atoms with Gasteiger partial charge in [-0.05, 0) is 92.5 Å². The van der Waals surface area contributed by atoms with Crippen molar-refractivity contribution in [2.45, 2.75) is 142 Å². The second kappa shape index (κ2) is 30.2. The van der Waals surface area contributed by atoms with Gasteiger partial charge < -0.3 is 36.8 Å². The maximum atomic E-state index is 14.8. The molecule has 0 spiro atoms. The monoisotopic (exact) mass is 1250 g/mol. The molecule has 7 N–H and O–H groups in total. The Kier molecular flexibility index (Phi) is 22.7. The van der Waals surface area contributed by atoms with Gasteiger partial charge in [-0.3, -0.25) is 24.0 Å². The van der Waals surface area contributed by atoms with Crippen LogP contribution in [0.25, 0.3) is 0 Å². The van der Waals surface area contributed by atoms with Gasteiger partial charge in [-0.1, -0.05) is 123 Å². The Morgan fingerprint density at radius 1 is 0.724 bits per heavy atom. The number of carbonyl (C=O) groups is 6. The quantitative estimate of drug-likeness (QED) is 0.0135. The predicted octanol–water partition coefficient (Wildman–Crippen LogP) is 6.49. The van der Waals surface area contributed by atoms with Gasteiger partial charge in [-0.15, -0.1) is 5.10 Å². The number of hydrogen-bond acceptors (Lipinski definition) is 15. The van der Waals surface area contributed by atoms with E-state index >= 15 is 0 Å². The van der Waals surface area contributed by atoms with Gasteiger partial charge in [0.15, 0.2) is 11.6 Å². The second-order valence-electron chi connectivity index (χ2n) is 22.4. The summed E-state index contributed by atoms with van der Waals surface area (Å²) in [5.41, 5.74) is 2.77. The number of nitrogens with zero attached hydrogens (tertiary/aromatic N) is 4. The fraction of sp³-hybridized carbons (Fsp3) is 0.397. The SMILES string of the molecule is CC(=O)c1ccc(S(=O)(=O)c2ccccc2S(=O)(=O)N(CC(C)C)CC(O)[C@H](Cc2ccc(O)cc2)n2cc(CNC(=O)[C@H](Cc3ccc(C(=O)c4ccccc4)cc3)NC(=O)CCCCCNC(=O)CCCC[C@@H]3SC[C@@H]4NC(=O)N[C@@H]43)nn2)cc1. The Labute approximate surface area is 511 Å². The molecule has 1 aromatic heterocycles. The summed E-state index contributed by atoms with van der Waals surface area (Å²) in [6, 6.07) is 30.3. The predicted molar refractivity (Wildman–Crippen MR) is 328 cm³/mol. The molecule has 5 aromatic carbocycles. The third-order valence-electron chi connectivity index (χ3n) is 15.3. The number of nitrogens with one attached hydrogen (secondary N) is 5. The second-order valence-corrected chi connectivity index (χ2v) is 27.5. The van der Waals surface area contributed by atoms with Crippen molar-refractivity contribution in [3.63, 3.8) is 0 Å². The number of Topliss-reactive ketones (excluding diaryl/α,β-unsaturated/α-hetero) is 1. The number of unbranched alkanes of at least 4 members (excludes halogenated alkanes) is 3. The van der Waals surface area contributed by atoms with Crippen LogP contribution in [0, 0.1) is 5.92 Å². The van der Waals surface area contributed by atoms with Crippen LogP contribution in [-0.4, -0.2) is 137 Å². The maximum Gasteiger partial charge on any atom is 0.315 e. The van der Waals surface area contributed by atoms with Crippen LogP contribution in [0.15, 0.2) is 148 Å². The minimum atomic E-state index is -4.67. The number of sulfonamides is 1. The van der Waals surface area contributed by atoms with Crippen molar-refractivity contribution in [2.75, 3.05) is 25.4 Å². The van der Waals surface area contributed by atoms with Crippen LogP contribution in [0.4, 0.5) is 4.79 Å². The van der Waals surface area contributed by atoms with Crippen molar-refractivity contribution >= 4 is 66.9 Å². The summed E-state index contributed by atoms with van der Waals surface area (Å²) < 4.78 is 60.3. The number of urea groups is 1. The van der Waals surface area contributed by atoms with Gasteiger partial charge in [0.2, 0.25) is 37.6 Å². The average Bonchev–Trinajstić information content (AvgIpc) is 4.18. The Balaban J connectivity index is 0.918. The highest BCUT2D eigenvalue weighted by atomic mass is 32.2. The lowest BCUT2D eigenvalue weighted by Crippen LogP contribution is -2.47. The number of phenols is 1. The molecule has 0 aliphatic carbocycles. The van der Waals surface area contributed by atoms with Crippen molar-refractivity contribution in [3.05, 3.63) is 167 Å². The van der Waals surface area contributed by atoms with Crippen molar-refractivity contribution in [2.24, 2.45) is 5.92 Å². The maximum absolute atomic E-state index is 14.8. The van der Waals surface area contributed by atoms with Crippen molar-refractivity contribution in [3.8, 4) is 5.75 Å². The van der Waals surface area contributed by atoms with Crippen LogP contribution in [0.1, 0.15) is 121 Å². The molecule has 0 saturated carbocycles. The molecule has 8 rings (SSSR count). The zero-order valence-electron chi connectivity index (χ0n) is 48.8. The van der Waals surface area contributed by atoms with Crippen LogP contribution < -0.4 is 26.6 Å². The van der Waals surface area contributed by atoms with Crippen LogP contribution in [0.2, 0.25) is 0 Å². The number of thioether (sulfide) groups is 1. The molecule has 0 radical (unpaired) electrons. The van der Waals surface area contributed by atoms with Gasteiger partial charge in [0.1, 0.15) is 22.4 Å². The molecule has 2 aliphatic heterocycles. The first-order chi connectivity index (χ1) is 41.7. The van der Waals surface area contributed by atoms with Crippen molar-refractivity contribution in [1.29, 1.82) is 0 Å². The van der Waals surface area contributed by atoms with E-state index in [0.29, 0.717) is 59.7 Å². The number of ketones is 2. The Morgan fingerprint density at radius 3 is 2.06 bits per heavy atom. The highest BCUT2D eigenvalue weighted by Crippen LogP contribution is 2.34. The minimum Gasteiger partial charge on any atom is -0.508 e. The summed E-state index contributed by atoms with van der Waals surface area (Å²) in [7, 11) is -9.13. The first-order valence-electron chi connectivity index (χ1n) is 29.2. The largest absolute Gasteiger partial charge is 0.508 e. The van der Waals surface area contributed by atoms with Gasteiger partial charge in [0, 0.05) is 66.6 Å². The molecule has 2 aliphatic rings. The standard InChI is InChI=1S/C63H75N9O12S3/c1-41(2)37-71(87(83,84)57-18-11-10-17-56(57)86(81,82)50-31-27-45(28-32-50)42(3)73)39-54(75)53(35-44-23-29-49(74)30-24-44)72-38-48(69-70-72)36-65-62(79)51(34-43-21-25-47(26-22-43)61(78)46-14-6-4-7-15-46)66-59(77)20-8-5-13-33-64-58(76)19-12-9-16-55-60-52(40-85-55)67-63(80)68-60/h4,6-7,10-11,14-15,17-18,21-32,38,41,51-55,60,74-75H,5,8-9,12-13,16,19-20,33-37,39-40H2,1-3H3,(H,64,76)(H,65,79)(H,66,77)(H2,67,68,80)/t51-,52-,53-,54?,55-,60-/m0/s1. The third kappa shape index (κ3) is 17.7. The molecule has 5 amide bonds. The van der Waals surface area contributed by atoms with E-state index in [2.05, 4.69) is 36.9 Å². The number of sulfone groups is 1. The van der Waals surface area contributed by atoms with Gasteiger partial charge in [-0.2, -0.15) is 16.1 Å². The van der Waals surface area contributed by atoms with E-state index in [0.717, 1.165) is 29.3 Å². The highest BCUT2D eigenvalue weighted by molar-refractivity contribution is 8.00. The lowest BCUT2D eigenvalue weighted by atomic mass is 9.99. The molecule has 6 atom stereocenters. The molecule has 2 fully saturated rings. The van der Waals surface area contributed by atoms with E-state index in [1.807, 2.05) is 17.8 Å². The number of carbonyl (C=O) groups excluding carboxylic acids is 6. The van der Waals surface area contributed by atoms with E-state index in [1.165, 1.54) is 78.5 Å². The number of aromatic nitrogens is 3. The number of phenolic OH excluding ortho intramolecular Hbond substituents is 1. The first kappa shape index (κ1) is 65.2. The highest BCUT2D eigenvalue weighted by Gasteiger charge is 2.43. The van der Waals surface area contributed by atoms with Gasteiger partial charge >= 0.3 is 6.03 Å². The first-order valence-corrected chi connectivity index (χ1v) is 33.2. The van der Waals surface area contributed by atoms with E-state index in [9.17, 15) is 55.8 Å². The summed E-state index contributed by atoms with van der Waals surface area (Å²) in [5, 5.41) is 46.0.